The van der Waals surface area contributed by atoms with E-state index in [4.69, 9.17) is 19.7 Å². The number of benzene rings is 1. The zero-order valence-corrected chi connectivity index (χ0v) is 18.8. The van der Waals surface area contributed by atoms with Crippen LogP contribution in [0.1, 0.15) is 38.7 Å². The Bertz CT molecular complexity index is 966. The molecule has 2 aliphatic rings. The van der Waals surface area contributed by atoms with Crippen molar-refractivity contribution in [1.29, 1.82) is 0 Å². The van der Waals surface area contributed by atoms with E-state index >= 15 is 0 Å². The number of anilines is 1. The minimum Gasteiger partial charge on any atom is -0.378 e. The maximum Gasteiger partial charge on any atom is 0.162 e. The Hall–Kier alpha value is -2.57. The van der Waals surface area contributed by atoms with Crippen LogP contribution in [0.5, 0.6) is 0 Å². The van der Waals surface area contributed by atoms with Crippen LogP contribution in [-0.4, -0.2) is 59.2 Å². The number of piperidine rings is 1. The molecule has 0 spiro atoms. The van der Waals surface area contributed by atoms with Gasteiger partial charge in [-0.1, -0.05) is 50.6 Å². The number of aromatic nitrogens is 3. The molecule has 3 aromatic rings. The molecule has 0 saturated carbocycles. The van der Waals surface area contributed by atoms with Crippen LogP contribution in [0.4, 0.5) is 5.82 Å². The summed E-state index contributed by atoms with van der Waals surface area (Å²) in [5, 5.41) is 0. The lowest BCUT2D eigenvalue weighted by Crippen LogP contribution is -2.37. The molecule has 0 bridgehead atoms. The molecule has 2 aliphatic heterocycles. The summed E-state index contributed by atoms with van der Waals surface area (Å²) in [7, 11) is 0. The Labute approximate surface area is 185 Å². The molecule has 2 aromatic heterocycles. The molecule has 0 amide bonds. The van der Waals surface area contributed by atoms with Gasteiger partial charge in [-0.25, -0.2) is 9.97 Å². The first-order chi connectivity index (χ1) is 15.4. The van der Waals surface area contributed by atoms with E-state index in [1.807, 2.05) is 38.2 Å². The summed E-state index contributed by atoms with van der Waals surface area (Å²) in [6.07, 6.45) is 5.94. The minimum absolute atomic E-state index is 0.721. The van der Waals surface area contributed by atoms with Gasteiger partial charge in [-0.3, -0.25) is 9.88 Å². The number of morpholine rings is 1. The number of pyridine rings is 1. The van der Waals surface area contributed by atoms with E-state index in [9.17, 15) is 0 Å². The van der Waals surface area contributed by atoms with Crippen LogP contribution in [0, 0.1) is 0 Å². The highest BCUT2D eigenvalue weighted by molar-refractivity contribution is 5.87. The third-order valence-electron chi connectivity index (χ3n) is 5.77. The van der Waals surface area contributed by atoms with E-state index in [0.717, 1.165) is 61.1 Å². The molecule has 31 heavy (non-hydrogen) atoms. The number of nitrogens with zero attached hydrogens (tertiary/aromatic N) is 5. The van der Waals surface area contributed by atoms with E-state index in [1.165, 1.54) is 37.9 Å². The lowest BCUT2D eigenvalue weighted by molar-refractivity contribution is 0.122. The number of likely N-dealkylation sites (tertiary alicyclic amines) is 1. The van der Waals surface area contributed by atoms with Crippen molar-refractivity contribution in [2.75, 3.05) is 44.3 Å². The van der Waals surface area contributed by atoms with E-state index < -0.39 is 0 Å². The second-order valence-electron chi connectivity index (χ2n) is 7.88. The standard InChI is InChI=1S/C23H27N5O.C2H6/c1-3-7-19(8-4-1)22-25-20-15-18(17-27-9-5-2-6-10-27)16-24-21(20)23(26-22)28-11-13-29-14-12-28;1-2/h1,3-4,7-8,15-16H,2,5-6,9-14,17H2;1-2H3. The molecule has 0 unspecified atom stereocenters. The van der Waals surface area contributed by atoms with Crippen LogP contribution >= 0.6 is 0 Å². The molecule has 164 valence electrons. The van der Waals surface area contributed by atoms with Crippen LogP contribution in [0.3, 0.4) is 0 Å². The van der Waals surface area contributed by atoms with Gasteiger partial charge in [0, 0.05) is 31.4 Å². The lowest BCUT2D eigenvalue weighted by Gasteiger charge is -2.29. The maximum atomic E-state index is 5.54. The summed E-state index contributed by atoms with van der Waals surface area (Å²) >= 11 is 0. The zero-order valence-electron chi connectivity index (χ0n) is 18.8. The minimum atomic E-state index is 0.721. The molecule has 0 atom stereocenters. The van der Waals surface area contributed by atoms with Gasteiger partial charge in [0.05, 0.1) is 18.7 Å². The fraction of sp³-hybridized carbons (Fsp3) is 0.480. The van der Waals surface area contributed by atoms with Crippen LogP contribution in [0.2, 0.25) is 0 Å². The summed E-state index contributed by atoms with van der Waals surface area (Å²) in [6, 6.07) is 12.4. The Balaban J connectivity index is 0.00000112. The van der Waals surface area contributed by atoms with Crippen molar-refractivity contribution in [3.63, 3.8) is 0 Å². The Morgan fingerprint density at radius 1 is 0.903 bits per heavy atom. The fourth-order valence-corrected chi connectivity index (χ4v) is 4.22. The molecule has 4 heterocycles. The number of hydrogen-bond donors (Lipinski definition) is 0. The van der Waals surface area contributed by atoms with Gasteiger partial charge in [0.15, 0.2) is 11.6 Å². The van der Waals surface area contributed by atoms with Crippen LogP contribution in [0.15, 0.2) is 42.6 Å². The third kappa shape index (κ3) is 5.20. The van der Waals surface area contributed by atoms with Crippen molar-refractivity contribution < 1.29 is 4.74 Å². The normalized spacial score (nSPS) is 17.3. The predicted molar refractivity (Wildman–Crippen MR) is 126 cm³/mol. The van der Waals surface area contributed by atoms with Crippen molar-refractivity contribution in [1.82, 2.24) is 19.9 Å². The van der Waals surface area contributed by atoms with Gasteiger partial charge in [0.1, 0.15) is 5.52 Å². The first-order valence-electron chi connectivity index (χ1n) is 11.6. The second kappa shape index (κ2) is 10.6. The van der Waals surface area contributed by atoms with Crippen LogP contribution in [0.25, 0.3) is 22.4 Å². The second-order valence-corrected chi connectivity index (χ2v) is 7.88. The van der Waals surface area contributed by atoms with Crippen molar-refractivity contribution in [2.45, 2.75) is 39.7 Å². The number of rotatable bonds is 4. The average Bonchev–Trinajstić information content (AvgIpc) is 2.86. The average molecular weight is 420 g/mol. The number of hydrogen-bond acceptors (Lipinski definition) is 6. The molecule has 2 saturated heterocycles. The molecule has 5 rings (SSSR count). The molecule has 0 radical (unpaired) electrons. The smallest absolute Gasteiger partial charge is 0.162 e. The van der Waals surface area contributed by atoms with Gasteiger partial charge < -0.3 is 9.64 Å². The fourth-order valence-electron chi connectivity index (χ4n) is 4.22. The van der Waals surface area contributed by atoms with E-state index in [0.29, 0.717) is 0 Å². The molecule has 6 heteroatoms. The number of fused-ring (bicyclic) bond motifs is 1. The van der Waals surface area contributed by atoms with Gasteiger partial charge in [0.2, 0.25) is 0 Å². The van der Waals surface area contributed by atoms with E-state index in [1.54, 1.807) is 0 Å². The Morgan fingerprint density at radius 2 is 1.65 bits per heavy atom. The first-order valence-corrected chi connectivity index (χ1v) is 11.6. The first kappa shape index (κ1) is 21.7. The zero-order chi connectivity index (χ0) is 21.5. The molecule has 0 aliphatic carbocycles. The van der Waals surface area contributed by atoms with Crippen molar-refractivity contribution in [3.05, 3.63) is 48.2 Å². The van der Waals surface area contributed by atoms with Gasteiger partial charge >= 0.3 is 0 Å². The maximum absolute atomic E-state index is 5.54. The SMILES string of the molecule is CC.c1ccc(-c2nc(N3CCOCC3)c3ncc(CN4CCCCC4)cc3n2)cc1. The Kier molecular flexibility index (Phi) is 7.43. The quantitative estimate of drug-likeness (QED) is 0.619. The van der Waals surface area contributed by atoms with Gasteiger partial charge in [-0.2, -0.15) is 0 Å². The third-order valence-corrected chi connectivity index (χ3v) is 5.77. The molecular weight excluding hydrogens is 386 g/mol. The van der Waals surface area contributed by atoms with Crippen molar-refractivity contribution >= 4 is 16.9 Å². The summed E-state index contributed by atoms with van der Waals surface area (Å²) in [5.41, 5.74) is 4.07. The van der Waals surface area contributed by atoms with E-state index in [2.05, 4.69) is 28.0 Å². The summed E-state index contributed by atoms with van der Waals surface area (Å²) < 4.78 is 5.54. The lowest BCUT2D eigenvalue weighted by atomic mass is 10.1. The van der Waals surface area contributed by atoms with Gasteiger partial charge in [-0.15, -0.1) is 0 Å². The molecule has 2 fully saturated rings. The highest BCUT2D eigenvalue weighted by atomic mass is 16.5. The van der Waals surface area contributed by atoms with Crippen LogP contribution < -0.4 is 4.90 Å². The highest BCUT2D eigenvalue weighted by Crippen LogP contribution is 2.27. The molecule has 1 aromatic carbocycles. The largest absolute Gasteiger partial charge is 0.378 e. The Morgan fingerprint density at radius 3 is 2.39 bits per heavy atom. The predicted octanol–water partition coefficient (Wildman–Crippen LogP) is 4.54. The van der Waals surface area contributed by atoms with Crippen LogP contribution in [-0.2, 0) is 11.3 Å². The molecule has 6 nitrogen and oxygen atoms in total. The summed E-state index contributed by atoms with van der Waals surface area (Å²) in [5.74, 6) is 1.68. The molecular formula is C25H33N5O. The van der Waals surface area contributed by atoms with E-state index in [-0.39, 0.29) is 0 Å². The number of ether oxygens (including phenoxy) is 1. The topological polar surface area (TPSA) is 54.4 Å². The molecule has 0 N–H and O–H groups in total. The van der Waals surface area contributed by atoms with Gasteiger partial charge in [-0.05, 0) is 37.6 Å². The summed E-state index contributed by atoms with van der Waals surface area (Å²) in [6.45, 7) is 10.4. The van der Waals surface area contributed by atoms with Crippen molar-refractivity contribution in [2.24, 2.45) is 0 Å². The van der Waals surface area contributed by atoms with Gasteiger partial charge in [0.25, 0.3) is 0 Å². The van der Waals surface area contributed by atoms with Crippen molar-refractivity contribution in [3.8, 4) is 11.4 Å². The monoisotopic (exact) mass is 419 g/mol. The highest BCUT2D eigenvalue weighted by Gasteiger charge is 2.20. The summed E-state index contributed by atoms with van der Waals surface area (Å²) in [4.78, 5) is 19.5.